The zero-order valence-electron chi connectivity index (χ0n) is 29.8. The second kappa shape index (κ2) is 21.5. The van der Waals surface area contributed by atoms with Gasteiger partial charge in [-0.15, -0.1) is 30.1 Å². The van der Waals surface area contributed by atoms with Gasteiger partial charge in [-0.1, -0.05) is 75.3 Å². The van der Waals surface area contributed by atoms with Crippen LogP contribution >= 0.6 is 11.3 Å². The number of thiazole rings is 1. The molecule has 1 unspecified atom stereocenters. The summed E-state index contributed by atoms with van der Waals surface area (Å²) < 4.78 is 0. The number of rotatable bonds is 20. The second-order valence-electron chi connectivity index (χ2n) is 13.5. The van der Waals surface area contributed by atoms with Gasteiger partial charge < -0.3 is 30.6 Å². The Hall–Kier alpha value is -3.74. The van der Waals surface area contributed by atoms with Crippen LogP contribution in [0.1, 0.15) is 81.9 Å². The SMILES string of the molecule is C#CCC[C@H](O)[C@H](O)[C@H](CC1CCCCC1)NC(=O)[C@@H](NC(=O)[C@@H](CC(=O)N(C)CCN(C)CC)Cc1ccccc1)C(C#C)c1cscn1. The number of hydrogen-bond donors (Lipinski definition) is 4. The Morgan fingerprint density at radius 1 is 1.04 bits per heavy atom. The Kier molecular flexibility index (Phi) is 17.5. The Morgan fingerprint density at radius 2 is 1.76 bits per heavy atom. The molecule has 1 fully saturated rings. The lowest BCUT2D eigenvalue weighted by Crippen LogP contribution is -2.57. The maximum absolute atomic E-state index is 14.3. The first-order valence-electron chi connectivity index (χ1n) is 17.8. The van der Waals surface area contributed by atoms with Crippen molar-refractivity contribution in [3.05, 3.63) is 52.5 Å². The summed E-state index contributed by atoms with van der Waals surface area (Å²) in [5.74, 6) is 2.42. The predicted molar refractivity (Wildman–Crippen MR) is 198 cm³/mol. The van der Waals surface area contributed by atoms with Gasteiger partial charge in [-0.05, 0) is 44.3 Å². The number of likely N-dealkylation sites (N-methyl/N-ethyl adjacent to an activating group) is 2. The maximum atomic E-state index is 14.3. The van der Waals surface area contributed by atoms with Crippen molar-refractivity contribution in [3.63, 3.8) is 0 Å². The average molecular weight is 706 g/mol. The number of amides is 3. The molecule has 1 aromatic heterocycles. The third kappa shape index (κ3) is 12.9. The molecule has 272 valence electrons. The number of benzene rings is 1. The Labute approximate surface area is 302 Å². The van der Waals surface area contributed by atoms with Crippen molar-refractivity contribution in [3.8, 4) is 24.7 Å². The number of carbonyl (C=O) groups is 3. The molecule has 10 nitrogen and oxygen atoms in total. The van der Waals surface area contributed by atoms with Crippen LogP contribution in [0.5, 0.6) is 0 Å². The Bertz CT molecular complexity index is 1400. The lowest BCUT2D eigenvalue weighted by molar-refractivity contribution is -0.137. The van der Waals surface area contributed by atoms with Crippen LogP contribution in [0.3, 0.4) is 0 Å². The summed E-state index contributed by atoms with van der Waals surface area (Å²) in [5, 5.41) is 29.8. The number of aliphatic hydroxyl groups excluding tert-OH is 2. The molecule has 2 aromatic rings. The summed E-state index contributed by atoms with van der Waals surface area (Å²) in [6, 6.07) is 7.37. The van der Waals surface area contributed by atoms with Gasteiger partial charge in [0.25, 0.3) is 0 Å². The highest BCUT2D eigenvalue weighted by molar-refractivity contribution is 7.07. The number of hydrogen-bond acceptors (Lipinski definition) is 8. The van der Waals surface area contributed by atoms with Crippen LogP contribution in [0.15, 0.2) is 41.2 Å². The van der Waals surface area contributed by atoms with Gasteiger partial charge in [-0.25, -0.2) is 4.98 Å². The van der Waals surface area contributed by atoms with E-state index in [-0.39, 0.29) is 37.5 Å². The van der Waals surface area contributed by atoms with E-state index in [0.717, 1.165) is 44.2 Å². The van der Waals surface area contributed by atoms with Crippen LogP contribution in [0.25, 0.3) is 0 Å². The molecule has 1 aliphatic carbocycles. The predicted octanol–water partition coefficient (Wildman–Crippen LogP) is 3.59. The fourth-order valence-electron chi connectivity index (χ4n) is 6.43. The van der Waals surface area contributed by atoms with E-state index >= 15 is 0 Å². The summed E-state index contributed by atoms with van der Waals surface area (Å²) in [5.41, 5.74) is 2.93. The second-order valence-corrected chi connectivity index (χ2v) is 14.2. The summed E-state index contributed by atoms with van der Waals surface area (Å²) in [6.07, 6.45) is 15.3. The first kappa shape index (κ1) is 40.7. The first-order chi connectivity index (χ1) is 24.1. The Morgan fingerprint density at radius 3 is 2.38 bits per heavy atom. The van der Waals surface area contributed by atoms with E-state index in [4.69, 9.17) is 12.8 Å². The molecule has 1 aliphatic rings. The van der Waals surface area contributed by atoms with Crippen LogP contribution in [0, 0.1) is 36.5 Å². The number of nitrogens with one attached hydrogen (secondary N) is 2. The van der Waals surface area contributed by atoms with E-state index in [9.17, 15) is 24.6 Å². The summed E-state index contributed by atoms with van der Waals surface area (Å²) in [4.78, 5) is 50.1. The lowest BCUT2D eigenvalue weighted by Gasteiger charge is -2.34. The molecule has 11 heteroatoms. The summed E-state index contributed by atoms with van der Waals surface area (Å²) >= 11 is 1.32. The quantitative estimate of drug-likeness (QED) is 0.155. The summed E-state index contributed by atoms with van der Waals surface area (Å²) in [6.45, 7) is 4.10. The van der Waals surface area contributed by atoms with Gasteiger partial charge >= 0.3 is 0 Å². The molecule has 0 radical (unpaired) electrons. The number of aromatic nitrogens is 1. The molecule has 4 N–H and O–H groups in total. The minimum absolute atomic E-state index is 0.0663. The van der Waals surface area contributed by atoms with E-state index in [1.54, 1.807) is 22.8 Å². The normalized spacial score (nSPS) is 17.0. The average Bonchev–Trinajstić information content (AvgIpc) is 3.67. The maximum Gasteiger partial charge on any atom is 0.244 e. The van der Waals surface area contributed by atoms with Crippen molar-refractivity contribution in [1.82, 2.24) is 25.4 Å². The van der Waals surface area contributed by atoms with Crippen molar-refractivity contribution in [2.24, 2.45) is 11.8 Å². The molecule has 1 saturated carbocycles. The van der Waals surface area contributed by atoms with Crippen LogP contribution < -0.4 is 10.6 Å². The van der Waals surface area contributed by atoms with Crippen molar-refractivity contribution in [2.75, 3.05) is 33.7 Å². The van der Waals surface area contributed by atoms with Crippen molar-refractivity contribution in [1.29, 1.82) is 0 Å². The highest BCUT2D eigenvalue weighted by Gasteiger charge is 2.37. The van der Waals surface area contributed by atoms with E-state index in [1.807, 2.05) is 44.3 Å². The first-order valence-corrected chi connectivity index (χ1v) is 18.7. The molecule has 0 saturated heterocycles. The van der Waals surface area contributed by atoms with E-state index in [0.29, 0.717) is 25.2 Å². The molecule has 3 amide bonds. The van der Waals surface area contributed by atoms with Crippen molar-refractivity contribution < 1.29 is 24.6 Å². The number of aliphatic hydroxyl groups is 2. The van der Waals surface area contributed by atoms with Gasteiger partial charge in [0.1, 0.15) is 12.1 Å². The van der Waals surface area contributed by atoms with Crippen molar-refractivity contribution >= 4 is 29.1 Å². The van der Waals surface area contributed by atoms with Crippen LogP contribution in [-0.2, 0) is 20.8 Å². The molecule has 0 bridgehead atoms. The van der Waals surface area contributed by atoms with Crippen molar-refractivity contribution in [2.45, 2.75) is 101 Å². The monoisotopic (exact) mass is 705 g/mol. The molecule has 50 heavy (non-hydrogen) atoms. The number of nitrogens with zero attached hydrogens (tertiary/aromatic N) is 3. The van der Waals surface area contributed by atoms with E-state index < -0.39 is 47.9 Å². The van der Waals surface area contributed by atoms with Gasteiger partial charge in [0.2, 0.25) is 17.7 Å². The third-order valence-electron chi connectivity index (χ3n) is 9.79. The zero-order chi connectivity index (χ0) is 36.5. The van der Waals surface area contributed by atoms with Crippen LogP contribution in [0.2, 0.25) is 0 Å². The molecule has 0 aliphatic heterocycles. The van der Waals surface area contributed by atoms with Crippen LogP contribution in [-0.4, -0.2) is 101 Å². The zero-order valence-corrected chi connectivity index (χ0v) is 30.6. The van der Waals surface area contributed by atoms with E-state index in [2.05, 4.69) is 32.4 Å². The fourth-order valence-corrected chi connectivity index (χ4v) is 7.02. The van der Waals surface area contributed by atoms with Crippen LogP contribution in [0.4, 0.5) is 0 Å². The molecular formula is C39H55N5O5S. The third-order valence-corrected chi connectivity index (χ3v) is 10.4. The minimum atomic E-state index is -1.28. The molecule has 6 atom stereocenters. The minimum Gasteiger partial charge on any atom is -0.390 e. The lowest BCUT2D eigenvalue weighted by atomic mass is 9.82. The summed E-state index contributed by atoms with van der Waals surface area (Å²) in [7, 11) is 3.71. The Balaban J connectivity index is 1.91. The molecule has 3 rings (SSSR count). The molecule has 1 heterocycles. The molecule has 1 aromatic carbocycles. The number of terminal acetylenes is 2. The molecule has 0 spiro atoms. The highest BCUT2D eigenvalue weighted by atomic mass is 32.1. The fraction of sp³-hybridized carbons (Fsp3) is 0.590. The largest absolute Gasteiger partial charge is 0.390 e. The van der Waals surface area contributed by atoms with Gasteiger partial charge in [0, 0.05) is 38.4 Å². The van der Waals surface area contributed by atoms with E-state index in [1.165, 1.54) is 11.3 Å². The number of carbonyl (C=O) groups excluding carboxylic acids is 3. The standard InChI is InChI=1S/C39H55N5O5S/c1-6-9-20-34(45)37(47)32(24-29-18-14-11-15-19-29)41-39(49)36(31(7-2)33-26-50-27-40-33)42-38(48)30(23-28-16-12-10-13-17-28)25-35(46)44(5)22-21-43(4)8-3/h1-2,10,12-13,16-17,26-27,29-32,34,36-37,45,47H,8-9,11,14-15,18-25H2,3-5H3,(H,41,49)(H,42,48)/t30-,31?,32+,34+,36+,37-/m1/s1. The molecular weight excluding hydrogens is 651 g/mol. The van der Waals surface area contributed by atoms with Gasteiger partial charge in [-0.2, -0.15) is 0 Å². The van der Waals surface area contributed by atoms with Gasteiger partial charge in [-0.3, -0.25) is 14.4 Å². The highest BCUT2D eigenvalue weighted by Crippen LogP contribution is 2.29. The topological polar surface area (TPSA) is 135 Å². The smallest absolute Gasteiger partial charge is 0.244 e. The van der Waals surface area contributed by atoms with Gasteiger partial charge in [0.05, 0.1) is 35.2 Å². The van der Waals surface area contributed by atoms with Gasteiger partial charge in [0.15, 0.2) is 0 Å².